The number of rotatable bonds is 3. The third-order valence-electron chi connectivity index (χ3n) is 4.03. The molecule has 2 aliphatic rings. The van der Waals surface area contributed by atoms with Gasteiger partial charge in [-0.15, -0.1) is 0 Å². The Balaban J connectivity index is 1.82. The number of epoxide rings is 1. The van der Waals surface area contributed by atoms with E-state index in [4.69, 9.17) is 4.74 Å². The van der Waals surface area contributed by atoms with Crippen molar-refractivity contribution in [2.75, 3.05) is 0 Å². The predicted molar refractivity (Wildman–Crippen MR) is 62.7 cm³/mol. The third-order valence-corrected chi connectivity index (χ3v) is 4.03. The molecular formula is C14H16O3. The first-order valence-electron chi connectivity index (χ1n) is 6.12. The van der Waals surface area contributed by atoms with Crippen molar-refractivity contribution in [2.45, 2.75) is 37.9 Å². The summed E-state index contributed by atoms with van der Waals surface area (Å²) in [6.45, 7) is 0. The molecule has 2 fully saturated rings. The average molecular weight is 232 g/mol. The van der Waals surface area contributed by atoms with Crippen LogP contribution in [0.5, 0.6) is 0 Å². The van der Waals surface area contributed by atoms with Gasteiger partial charge in [0, 0.05) is 0 Å². The second-order valence-corrected chi connectivity index (χ2v) is 5.20. The van der Waals surface area contributed by atoms with Gasteiger partial charge in [0.05, 0.1) is 17.6 Å². The van der Waals surface area contributed by atoms with E-state index in [2.05, 4.69) is 0 Å². The lowest BCUT2D eigenvalue weighted by molar-refractivity contribution is -0.150. The first-order chi connectivity index (χ1) is 8.20. The van der Waals surface area contributed by atoms with Crippen molar-refractivity contribution in [3.63, 3.8) is 0 Å². The fourth-order valence-corrected chi connectivity index (χ4v) is 2.94. The number of carboxylic acid groups (broad SMARTS) is 1. The van der Waals surface area contributed by atoms with Gasteiger partial charge in [-0.25, -0.2) is 0 Å². The van der Waals surface area contributed by atoms with E-state index >= 15 is 0 Å². The van der Waals surface area contributed by atoms with E-state index in [1.54, 1.807) is 0 Å². The maximum absolute atomic E-state index is 11.6. The molecule has 1 N–H and O–H groups in total. The fraction of sp³-hybridized carbons (Fsp3) is 0.500. The molecular weight excluding hydrogens is 216 g/mol. The van der Waals surface area contributed by atoms with Crippen LogP contribution in [0, 0.1) is 5.41 Å². The standard InChI is InChI=1S/C14H16O3/c15-13(16)14(7-6-11-12(9-14)17-11)8-10-4-2-1-3-5-10/h1-5,11-12H,6-9H2,(H,15,16)/t11-,12+,14+/m0/s1. The van der Waals surface area contributed by atoms with Gasteiger partial charge in [0.2, 0.25) is 0 Å². The van der Waals surface area contributed by atoms with Gasteiger partial charge in [0.15, 0.2) is 0 Å². The van der Waals surface area contributed by atoms with E-state index in [-0.39, 0.29) is 6.10 Å². The maximum Gasteiger partial charge on any atom is 0.310 e. The molecule has 1 saturated carbocycles. The van der Waals surface area contributed by atoms with Crippen LogP contribution in [-0.4, -0.2) is 23.3 Å². The molecule has 3 heteroatoms. The largest absolute Gasteiger partial charge is 0.481 e. The number of benzene rings is 1. The zero-order chi connectivity index (χ0) is 11.9. The summed E-state index contributed by atoms with van der Waals surface area (Å²) in [5, 5.41) is 9.53. The van der Waals surface area contributed by atoms with E-state index in [0.717, 1.165) is 18.4 Å². The monoisotopic (exact) mass is 232 g/mol. The Bertz CT molecular complexity index is 428. The summed E-state index contributed by atoms with van der Waals surface area (Å²) in [4.78, 5) is 11.6. The van der Waals surface area contributed by atoms with Crippen LogP contribution in [0.15, 0.2) is 30.3 Å². The Labute approximate surface area is 100 Å². The van der Waals surface area contributed by atoms with Gasteiger partial charge in [-0.3, -0.25) is 4.79 Å². The minimum Gasteiger partial charge on any atom is -0.481 e. The number of carbonyl (C=O) groups is 1. The molecule has 0 aromatic heterocycles. The molecule has 0 spiro atoms. The van der Waals surface area contributed by atoms with E-state index in [1.807, 2.05) is 30.3 Å². The molecule has 0 unspecified atom stereocenters. The van der Waals surface area contributed by atoms with Gasteiger partial charge >= 0.3 is 5.97 Å². The van der Waals surface area contributed by atoms with Crippen LogP contribution in [0.3, 0.4) is 0 Å². The number of fused-ring (bicyclic) bond motifs is 1. The molecule has 1 aliphatic heterocycles. The van der Waals surface area contributed by atoms with Crippen molar-refractivity contribution in [1.82, 2.24) is 0 Å². The molecule has 1 aromatic carbocycles. The van der Waals surface area contributed by atoms with E-state index in [1.165, 1.54) is 0 Å². The summed E-state index contributed by atoms with van der Waals surface area (Å²) < 4.78 is 5.46. The molecule has 17 heavy (non-hydrogen) atoms. The zero-order valence-electron chi connectivity index (χ0n) is 9.63. The van der Waals surface area contributed by atoms with E-state index in [9.17, 15) is 9.90 Å². The third kappa shape index (κ3) is 1.95. The van der Waals surface area contributed by atoms with Gasteiger partial charge in [0.25, 0.3) is 0 Å². The van der Waals surface area contributed by atoms with Gasteiger partial charge in [-0.05, 0) is 31.2 Å². The molecule has 3 nitrogen and oxygen atoms in total. The second kappa shape index (κ2) is 3.84. The Kier molecular flexibility index (Phi) is 2.44. The average Bonchev–Trinajstić information content (AvgIpc) is 3.08. The lowest BCUT2D eigenvalue weighted by Crippen LogP contribution is -2.38. The van der Waals surface area contributed by atoms with Crippen molar-refractivity contribution in [3.8, 4) is 0 Å². The van der Waals surface area contributed by atoms with Gasteiger partial charge in [-0.2, -0.15) is 0 Å². The predicted octanol–water partition coefficient (Wildman–Crippen LogP) is 2.25. The van der Waals surface area contributed by atoms with Crippen molar-refractivity contribution in [2.24, 2.45) is 5.41 Å². The molecule has 0 amide bonds. The Hall–Kier alpha value is -1.35. The summed E-state index contributed by atoms with van der Waals surface area (Å²) >= 11 is 0. The summed E-state index contributed by atoms with van der Waals surface area (Å²) in [6.07, 6.45) is 3.46. The minimum atomic E-state index is -0.671. The topological polar surface area (TPSA) is 49.8 Å². The number of carboxylic acids is 1. The lowest BCUT2D eigenvalue weighted by atomic mass is 9.70. The summed E-state index contributed by atoms with van der Waals surface area (Å²) in [5.74, 6) is -0.671. The van der Waals surface area contributed by atoms with Crippen molar-refractivity contribution < 1.29 is 14.6 Å². The molecule has 1 aliphatic carbocycles. The quantitative estimate of drug-likeness (QED) is 0.813. The smallest absolute Gasteiger partial charge is 0.310 e. The normalized spacial score (nSPS) is 35.1. The van der Waals surface area contributed by atoms with Crippen LogP contribution in [0.1, 0.15) is 24.8 Å². The second-order valence-electron chi connectivity index (χ2n) is 5.20. The summed E-state index contributed by atoms with van der Waals surface area (Å²) in [7, 11) is 0. The molecule has 1 saturated heterocycles. The molecule has 1 aromatic rings. The minimum absolute atomic E-state index is 0.198. The first-order valence-corrected chi connectivity index (χ1v) is 6.12. The Morgan fingerprint density at radius 3 is 2.76 bits per heavy atom. The Morgan fingerprint density at radius 1 is 1.35 bits per heavy atom. The molecule has 3 atom stereocenters. The van der Waals surface area contributed by atoms with Crippen LogP contribution in [0.4, 0.5) is 0 Å². The SMILES string of the molecule is O=C(O)[C@@]1(Cc2ccccc2)CC[C@@H]2O[C@@H]2C1. The first kappa shape index (κ1) is 10.8. The highest BCUT2D eigenvalue weighted by Gasteiger charge is 2.53. The Morgan fingerprint density at radius 2 is 2.12 bits per heavy atom. The van der Waals surface area contributed by atoms with Crippen LogP contribution < -0.4 is 0 Å². The fourth-order valence-electron chi connectivity index (χ4n) is 2.94. The van der Waals surface area contributed by atoms with Gasteiger partial charge < -0.3 is 9.84 Å². The summed E-state index contributed by atoms with van der Waals surface area (Å²) in [5.41, 5.74) is 0.493. The van der Waals surface area contributed by atoms with Crippen LogP contribution >= 0.6 is 0 Å². The molecule has 1 heterocycles. The number of hydrogen-bond acceptors (Lipinski definition) is 2. The van der Waals surface area contributed by atoms with Gasteiger partial charge in [-0.1, -0.05) is 30.3 Å². The highest BCUT2D eigenvalue weighted by Crippen LogP contribution is 2.48. The van der Waals surface area contributed by atoms with Crippen LogP contribution in [0.25, 0.3) is 0 Å². The van der Waals surface area contributed by atoms with Crippen LogP contribution in [0.2, 0.25) is 0 Å². The molecule has 0 bridgehead atoms. The van der Waals surface area contributed by atoms with Crippen molar-refractivity contribution in [1.29, 1.82) is 0 Å². The highest BCUT2D eigenvalue weighted by molar-refractivity contribution is 5.75. The summed E-state index contributed by atoms with van der Waals surface area (Å²) in [6, 6.07) is 9.89. The molecule has 90 valence electrons. The van der Waals surface area contributed by atoms with Crippen molar-refractivity contribution >= 4 is 5.97 Å². The highest BCUT2D eigenvalue weighted by atomic mass is 16.6. The zero-order valence-corrected chi connectivity index (χ0v) is 9.63. The molecule has 3 rings (SSSR count). The number of hydrogen-bond donors (Lipinski definition) is 1. The van der Waals surface area contributed by atoms with Crippen LogP contribution in [-0.2, 0) is 16.0 Å². The van der Waals surface area contributed by atoms with E-state index < -0.39 is 11.4 Å². The maximum atomic E-state index is 11.6. The number of aliphatic carboxylic acids is 1. The molecule has 0 radical (unpaired) electrons. The van der Waals surface area contributed by atoms with Gasteiger partial charge in [0.1, 0.15) is 0 Å². The van der Waals surface area contributed by atoms with Crippen molar-refractivity contribution in [3.05, 3.63) is 35.9 Å². The van der Waals surface area contributed by atoms with E-state index in [0.29, 0.717) is 18.9 Å². The lowest BCUT2D eigenvalue weighted by Gasteiger charge is -2.31. The number of ether oxygens (including phenoxy) is 1.